The number of hydrogen-bond donors (Lipinski definition) is 2. The maximum atomic E-state index is 12.0. The summed E-state index contributed by atoms with van der Waals surface area (Å²) in [5.74, 6) is -1.75. The molecule has 2 N–H and O–H groups in total. The van der Waals surface area contributed by atoms with Crippen molar-refractivity contribution in [2.75, 3.05) is 65.4 Å². The Bertz CT molecular complexity index is 644. The fraction of sp³-hybridized carbons (Fsp3) is 0.762. The Morgan fingerprint density at radius 3 is 1.34 bits per heavy atom. The van der Waals surface area contributed by atoms with E-state index in [-0.39, 0.29) is 6.03 Å². The quantitative estimate of drug-likeness (QED) is 0.297. The molecule has 0 atom stereocenters. The number of carbonyl (C=O) groups is 5. The summed E-state index contributed by atoms with van der Waals surface area (Å²) in [6.07, 6.45) is 2.85. The highest BCUT2D eigenvalue weighted by molar-refractivity contribution is 6.35. The highest BCUT2D eigenvalue weighted by Crippen LogP contribution is 2.07. The minimum atomic E-state index is -0.442. The van der Waals surface area contributed by atoms with E-state index in [1.807, 2.05) is 13.8 Å². The number of amides is 6. The van der Waals surface area contributed by atoms with Crippen LogP contribution < -0.4 is 10.6 Å². The van der Waals surface area contributed by atoms with Gasteiger partial charge in [0, 0.05) is 65.4 Å². The molecule has 32 heavy (non-hydrogen) atoms. The molecule has 2 aliphatic rings. The van der Waals surface area contributed by atoms with Gasteiger partial charge in [-0.15, -0.1) is 0 Å². The lowest BCUT2D eigenvalue weighted by atomic mass is 10.2. The van der Waals surface area contributed by atoms with Crippen LogP contribution in [0.5, 0.6) is 0 Å². The molecule has 0 aliphatic carbocycles. The van der Waals surface area contributed by atoms with Crippen LogP contribution in [0.25, 0.3) is 0 Å². The predicted octanol–water partition coefficient (Wildman–Crippen LogP) is -0.773. The Hall–Kier alpha value is -2.85. The fourth-order valence-electron chi connectivity index (χ4n) is 3.78. The normalized spacial score (nSPS) is 17.3. The van der Waals surface area contributed by atoms with E-state index < -0.39 is 23.6 Å². The third-order valence-corrected chi connectivity index (χ3v) is 5.84. The summed E-state index contributed by atoms with van der Waals surface area (Å²) >= 11 is 0. The number of piperazine rings is 2. The molecule has 180 valence electrons. The zero-order valence-electron chi connectivity index (χ0n) is 19.2. The fourth-order valence-corrected chi connectivity index (χ4v) is 3.78. The molecular formula is C21H36N6O5. The highest BCUT2D eigenvalue weighted by atomic mass is 16.2. The second-order valence-corrected chi connectivity index (χ2v) is 7.95. The topological polar surface area (TPSA) is 122 Å². The number of unbranched alkanes of at least 4 members (excludes halogenated alkanes) is 2. The van der Waals surface area contributed by atoms with E-state index in [4.69, 9.17) is 0 Å². The Balaban J connectivity index is 1.48. The van der Waals surface area contributed by atoms with Gasteiger partial charge >= 0.3 is 29.7 Å². The zero-order valence-corrected chi connectivity index (χ0v) is 19.2. The number of carbonyl (C=O) groups excluding carboxylic acids is 5. The molecule has 0 bridgehead atoms. The summed E-state index contributed by atoms with van der Waals surface area (Å²) in [6.45, 7) is 9.06. The van der Waals surface area contributed by atoms with Crippen LogP contribution in [0.2, 0.25) is 0 Å². The summed E-state index contributed by atoms with van der Waals surface area (Å²) in [7, 11) is 0. The van der Waals surface area contributed by atoms with Crippen LogP contribution in [0.1, 0.15) is 39.5 Å². The second kappa shape index (κ2) is 12.9. The van der Waals surface area contributed by atoms with Gasteiger partial charge in [0.05, 0.1) is 0 Å². The van der Waals surface area contributed by atoms with E-state index in [0.717, 1.165) is 0 Å². The summed E-state index contributed by atoms with van der Waals surface area (Å²) < 4.78 is 0. The molecule has 2 rings (SSSR count). The average Bonchev–Trinajstić information content (AvgIpc) is 2.79. The van der Waals surface area contributed by atoms with Gasteiger partial charge in [-0.2, -0.15) is 0 Å². The van der Waals surface area contributed by atoms with Gasteiger partial charge in [-0.25, -0.2) is 4.79 Å². The molecule has 0 aromatic rings. The minimum absolute atomic E-state index is 0.254. The molecule has 0 radical (unpaired) electrons. The van der Waals surface area contributed by atoms with E-state index in [9.17, 15) is 24.0 Å². The van der Waals surface area contributed by atoms with E-state index in [2.05, 4.69) is 10.6 Å². The molecule has 0 unspecified atom stereocenters. The van der Waals surface area contributed by atoms with Gasteiger partial charge in [0.25, 0.3) is 0 Å². The SMILES string of the molecule is CCN1CCN(CCCCNC(=O)NCCCCN2CCN(CC)C(=O)C2=O)C(=O)C1=O. The number of likely N-dealkylation sites (N-methyl/N-ethyl adjacent to an activating group) is 2. The molecule has 6 amide bonds. The summed E-state index contributed by atoms with van der Waals surface area (Å²) in [6, 6.07) is -0.254. The lowest BCUT2D eigenvalue weighted by Crippen LogP contribution is -2.54. The molecule has 2 aliphatic heterocycles. The second-order valence-electron chi connectivity index (χ2n) is 7.95. The molecule has 11 heteroatoms. The largest absolute Gasteiger partial charge is 0.338 e. The molecule has 2 fully saturated rings. The molecule has 0 aromatic heterocycles. The van der Waals surface area contributed by atoms with Crippen molar-refractivity contribution in [3.05, 3.63) is 0 Å². The van der Waals surface area contributed by atoms with Gasteiger partial charge < -0.3 is 30.2 Å². The van der Waals surface area contributed by atoms with E-state index >= 15 is 0 Å². The van der Waals surface area contributed by atoms with Crippen molar-refractivity contribution in [1.82, 2.24) is 30.2 Å². The van der Waals surface area contributed by atoms with Crippen LogP contribution in [-0.4, -0.2) is 115 Å². The first kappa shape index (κ1) is 25.4. The predicted molar refractivity (Wildman–Crippen MR) is 118 cm³/mol. The summed E-state index contributed by atoms with van der Waals surface area (Å²) in [4.78, 5) is 65.9. The Morgan fingerprint density at radius 2 is 0.969 bits per heavy atom. The van der Waals surface area contributed by atoms with Gasteiger partial charge in [0.2, 0.25) is 0 Å². The average molecular weight is 453 g/mol. The zero-order chi connectivity index (χ0) is 23.5. The first-order chi connectivity index (χ1) is 15.4. The van der Waals surface area contributed by atoms with E-state index in [1.165, 1.54) is 0 Å². The number of hydrogen-bond acceptors (Lipinski definition) is 5. The first-order valence-corrected chi connectivity index (χ1v) is 11.6. The van der Waals surface area contributed by atoms with Crippen molar-refractivity contribution >= 4 is 29.7 Å². The van der Waals surface area contributed by atoms with Crippen molar-refractivity contribution in [2.24, 2.45) is 0 Å². The third-order valence-electron chi connectivity index (χ3n) is 5.84. The van der Waals surface area contributed by atoms with E-state index in [1.54, 1.807) is 19.6 Å². The molecule has 11 nitrogen and oxygen atoms in total. The van der Waals surface area contributed by atoms with Crippen LogP contribution in [0.15, 0.2) is 0 Å². The maximum absolute atomic E-state index is 12.0. The maximum Gasteiger partial charge on any atom is 0.314 e. The molecule has 2 saturated heterocycles. The van der Waals surface area contributed by atoms with Crippen LogP contribution >= 0.6 is 0 Å². The van der Waals surface area contributed by atoms with Crippen LogP contribution in [0.4, 0.5) is 4.79 Å². The Labute approximate surface area is 189 Å². The van der Waals surface area contributed by atoms with E-state index in [0.29, 0.717) is 91.1 Å². The number of nitrogens with one attached hydrogen (secondary N) is 2. The number of nitrogens with zero attached hydrogens (tertiary/aromatic N) is 4. The van der Waals surface area contributed by atoms with Crippen molar-refractivity contribution in [3.63, 3.8) is 0 Å². The van der Waals surface area contributed by atoms with Gasteiger partial charge in [-0.1, -0.05) is 0 Å². The van der Waals surface area contributed by atoms with Gasteiger partial charge in [0.1, 0.15) is 0 Å². The number of rotatable bonds is 12. The Kier molecular flexibility index (Phi) is 10.2. The first-order valence-electron chi connectivity index (χ1n) is 11.6. The molecule has 2 heterocycles. The molecule has 0 spiro atoms. The van der Waals surface area contributed by atoms with Crippen molar-refractivity contribution < 1.29 is 24.0 Å². The molecule has 0 saturated carbocycles. The number of urea groups is 1. The van der Waals surface area contributed by atoms with Crippen LogP contribution in [0.3, 0.4) is 0 Å². The summed E-state index contributed by atoms with van der Waals surface area (Å²) in [5, 5.41) is 5.56. The molecule has 0 aromatic carbocycles. The minimum Gasteiger partial charge on any atom is -0.338 e. The lowest BCUT2D eigenvalue weighted by Gasteiger charge is -2.33. The van der Waals surface area contributed by atoms with Crippen LogP contribution in [0, 0.1) is 0 Å². The van der Waals surface area contributed by atoms with Crippen molar-refractivity contribution in [1.29, 1.82) is 0 Å². The molecular weight excluding hydrogens is 416 g/mol. The van der Waals surface area contributed by atoms with Crippen molar-refractivity contribution in [3.8, 4) is 0 Å². The standard InChI is InChI=1S/C21H36N6O5/c1-3-24-13-15-26(19(30)17(24)28)11-7-5-9-22-21(32)23-10-6-8-12-27-16-14-25(4-2)18(29)20(27)31/h3-16H2,1-2H3,(H2,22,23,32). The van der Waals surface area contributed by atoms with Gasteiger partial charge in [-0.3, -0.25) is 19.2 Å². The smallest absolute Gasteiger partial charge is 0.314 e. The van der Waals surface area contributed by atoms with Crippen molar-refractivity contribution in [2.45, 2.75) is 39.5 Å². The lowest BCUT2D eigenvalue weighted by molar-refractivity contribution is -0.155. The van der Waals surface area contributed by atoms with Crippen LogP contribution in [-0.2, 0) is 19.2 Å². The van der Waals surface area contributed by atoms with Gasteiger partial charge in [0.15, 0.2) is 0 Å². The Morgan fingerprint density at radius 1 is 0.625 bits per heavy atom. The highest BCUT2D eigenvalue weighted by Gasteiger charge is 2.31. The summed E-state index contributed by atoms with van der Waals surface area (Å²) in [5.41, 5.74) is 0. The monoisotopic (exact) mass is 452 g/mol. The third kappa shape index (κ3) is 7.10. The van der Waals surface area contributed by atoms with Gasteiger partial charge in [-0.05, 0) is 39.5 Å².